The molecule has 0 aliphatic carbocycles. The van der Waals surface area contributed by atoms with Gasteiger partial charge in [-0.05, 0) is 46.3 Å². The van der Waals surface area contributed by atoms with Crippen molar-refractivity contribution in [2.75, 3.05) is 5.73 Å². The van der Waals surface area contributed by atoms with Crippen LogP contribution in [0.25, 0.3) is 11.0 Å². The maximum atomic E-state index is 5.73. The molecule has 0 radical (unpaired) electrons. The first-order chi connectivity index (χ1) is 8.70. The van der Waals surface area contributed by atoms with Gasteiger partial charge >= 0.3 is 0 Å². The molecule has 18 heavy (non-hydrogen) atoms. The fourth-order valence-electron chi connectivity index (χ4n) is 1.64. The average Bonchev–Trinajstić information content (AvgIpc) is 2.92. The number of nitrogens with one attached hydrogen (secondary N) is 1. The van der Waals surface area contributed by atoms with Crippen LogP contribution < -0.4 is 5.73 Å². The van der Waals surface area contributed by atoms with Crippen LogP contribution in [-0.4, -0.2) is 9.97 Å². The van der Waals surface area contributed by atoms with Crippen LogP contribution in [0, 0.1) is 0 Å². The van der Waals surface area contributed by atoms with E-state index in [2.05, 4.69) is 25.9 Å². The van der Waals surface area contributed by atoms with E-state index in [0.717, 1.165) is 38.1 Å². The minimum Gasteiger partial charge on any atom is -0.453 e. The highest BCUT2D eigenvalue weighted by molar-refractivity contribution is 9.10. The van der Waals surface area contributed by atoms with Crippen LogP contribution in [0.3, 0.4) is 0 Å². The topological polar surface area (TPSA) is 67.8 Å². The van der Waals surface area contributed by atoms with Gasteiger partial charge in [0.25, 0.3) is 0 Å². The minimum absolute atomic E-state index is 0.734. The molecular weight excluding hydrogens is 314 g/mol. The predicted molar refractivity (Wildman–Crippen MR) is 76.5 cm³/mol. The Bertz CT molecular complexity index is 692. The molecule has 0 spiro atoms. The molecular formula is C12H10BrN3OS. The molecule has 3 aromatic rings. The zero-order chi connectivity index (χ0) is 12.5. The summed E-state index contributed by atoms with van der Waals surface area (Å²) < 4.78 is 6.18. The summed E-state index contributed by atoms with van der Waals surface area (Å²) in [4.78, 5) is 7.71. The lowest BCUT2D eigenvalue weighted by Gasteiger charge is -1.93. The number of H-pyrrole nitrogens is 1. The third kappa shape index (κ3) is 2.39. The van der Waals surface area contributed by atoms with Gasteiger partial charge in [0, 0.05) is 5.69 Å². The second kappa shape index (κ2) is 4.70. The average molecular weight is 324 g/mol. The number of nitrogens with two attached hydrogens (primary N) is 1. The van der Waals surface area contributed by atoms with Crippen molar-refractivity contribution in [3.8, 4) is 0 Å². The number of rotatable bonds is 3. The number of nitrogens with zero attached hydrogens (tertiary/aromatic N) is 1. The smallest absolute Gasteiger partial charge is 0.169 e. The Morgan fingerprint density at radius 1 is 1.33 bits per heavy atom. The standard InChI is InChI=1S/C12H10BrN3OS/c13-11-4-2-8(17-11)6-18-12-15-9-3-1-7(14)5-10(9)16-12/h1-5H,6,14H2,(H,15,16). The molecule has 0 aliphatic rings. The number of hydrogen-bond donors (Lipinski definition) is 2. The van der Waals surface area contributed by atoms with Crippen molar-refractivity contribution in [1.29, 1.82) is 0 Å². The van der Waals surface area contributed by atoms with Crippen LogP contribution in [0.1, 0.15) is 5.76 Å². The van der Waals surface area contributed by atoms with E-state index in [0.29, 0.717) is 0 Å². The largest absolute Gasteiger partial charge is 0.453 e. The normalized spacial score (nSPS) is 11.2. The molecule has 4 nitrogen and oxygen atoms in total. The maximum absolute atomic E-state index is 5.73. The molecule has 6 heteroatoms. The summed E-state index contributed by atoms with van der Waals surface area (Å²) in [6, 6.07) is 9.47. The van der Waals surface area contributed by atoms with Gasteiger partial charge in [-0.25, -0.2) is 4.98 Å². The molecule has 1 aromatic carbocycles. The Morgan fingerprint density at radius 3 is 3.00 bits per heavy atom. The second-order valence-electron chi connectivity index (χ2n) is 3.81. The molecule has 0 amide bonds. The number of fused-ring (bicyclic) bond motifs is 1. The van der Waals surface area contributed by atoms with Gasteiger partial charge < -0.3 is 15.1 Å². The van der Waals surface area contributed by atoms with E-state index < -0.39 is 0 Å². The van der Waals surface area contributed by atoms with Crippen molar-refractivity contribution in [1.82, 2.24) is 9.97 Å². The van der Waals surface area contributed by atoms with E-state index in [1.54, 1.807) is 11.8 Å². The van der Waals surface area contributed by atoms with E-state index in [1.165, 1.54) is 0 Å². The number of nitrogen functional groups attached to an aromatic ring is 1. The van der Waals surface area contributed by atoms with Crippen LogP contribution in [-0.2, 0) is 5.75 Å². The van der Waals surface area contributed by atoms with Crippen molar-refractivity contribution in [3.63, 3.8) is 0 Å². The quantitative estimate of drug-likeness (QED) is 0.568. The van der Waals surface area contributed by atoms with E-state index >= 15 is 0 Å². The van der Waals surface area contributed by atoms with E-state index in [4.69, 9.17) is 10.2 Å². The number of hydrogen-bond acceptors (Lipinski definition) is 4. The molecule has 0 saturated carbocycles. The summed E-state index contributed by atoms with van der Waals surface area (Å²) in [6.45, 7) is 0. The molecule has 0 atom stereocenters. The third-order valence-corrected chi connectivity index (χ3v) is 3.79. The Labute approximate surface area is 116 Å². The number of furan rings is 1. The first kappa shape index (κ1) is 11.7. The second-order valence-corrected chi connectivity index (χ2v) is 5.56. The third-order valence-electron chi connectivity index (χ3n) is 2.46. The van der Waals surface area contributed by atoms with Gasteiger partial charge in [-0.1, -0.05) is 11.8 Å². The predicted octanol–water partition coefficient (Wildman–Crippen LogP) is 3.79. The highest BCUT2D eigenvalue weighted by atomic mass is 79.9. The van der Waals surface area contributed by atoms with Crippen molar-refractivity contribution >= 4 is 44.4 Å². The molecule has 2 heterocycles. The fourth-order valence-corrected chi connectivity index (χ4v) is 2.76. The molecule has 0 fully saturated rings. The summed E-state index contributed by atoms with van der Waals surface area (Å²) in [5, 5.41) is 0.864. The van der Waals surface area contributed by atoms with Crippen molar-refractivity contribution < 1.29 is 4.42 Å². The molecule has 92 valence electrons. The van der Waals surface area contributed by atoms with Gasteiger partial charge in [0.15, 0.2) is 9.83 Å². The first-order valence-electron chi connectivity index (χ1n) is 5.33. The number of anilines is 1. The Kier molecular flexibility index (Phi) is 3.05. The van der Waals surface area contributed by atoms with Crippen LogP contribution in [0.15, 0.2) is 44.6 Å². The number of thioether (sulfide) groups is 1. The van der Waals surface area contributed by atoms with Crippen LogP contribution in [0.4, 0.5) is 5.69 Å². The number of halogens is 1. The van der Waals surface area contributed by atoms with E-state index in [1.807, 2.05) is 30.3 Å². The van der Waals surface area contributed by atoms with Gasteiger partial charge in [-0.3, -0.25) is 0 Å². The van der Waals surface area contributed by atoms with Gasteiger partial charge in [0.2, 0.25) is 0 Å². The molecule has 0 saturated heterocycles. The molecule has 0 unspecified atom stereocenters. The van der Waals surface area contributed by atoms with Crippen LogP contribution in [0.5, 0.6) is 0 Å². The number of aromatic amines is 1. The lowest BCUT2D eigenvalue weighted by Crippen LogP contribution is -1.82. The zero-order valence-electron chi connectivity index (χ0n) is 9.31. The summed E-state index contributed by atoms with van der Waals surface area (Å²) in [5.74, 6) is 1.65. The Morgan fingerprint density at radius 2 is 2.22 bits per heavy atom. The Balaban J connectivity index is 1.78. The van der Waals surface area contributed by atoms with Crippen molar-refractivity contribution in [2.24, 2.45) is 0 Å². The summed E-state index contributed by atoms with van der Waals surface area (Å²) >= 11 is 4.88. The summed E-state index contributed by atoms with van der Waals surface area (Å²) in [7, 11) is 0. The highest BCUT2D eigenvalue weighted by Gasteiger charge is 2.06. The highest BCUT2D eigenvalue weighted by Crippen LogP contribution is 2.25. The summed E-state index contributed by atoms with van der Waals surface area (Å²) in [5.41, 5.74) is 8.34. The number of imidazole rings is 1. The summed E-state index contributed by atoms with van der Waals surface area (Å²) in [6.07, 6.45) is 0. The molecule has 3 rings (SSSR count). The van der Waals surface area contributed by atoms with Gasteiger partial charge in [0.05, 0.1) is 16.8 Å². The maximum Gasteiger partial charge on any atom is 0.169 e. The number of benzene rings is 1. The zero-order valence-corrected chi connectivity index (χ0v) is 11.7. The molecule has 0 aliphatic heterocycles. The molecule has 2 aromatic heterocycles. The van der Waals surface area contributed by atoms with Gasteiger partial charge in [-0.15, -0.1) is 0 Å². The van der Waals surface area contributed by atoms with Gasteiger partial charge in [0.1, 0.15) is 5.76 Å². The Hall–Kier alpha value is -1.40. The van der Waals surface area contributed by atoms with Crippen LogP contribution >= 0.6 is 27.7 Å². The SMILES string of the molecule is Nc1ccc2nc(SCc3ccc(Br)o3)[nH]c2c1. The van der Waals surface area contributed by atoms with Crippen molar-refractivity contribution in [3.05, 3.63) is 40.8 Å². The molecule has 0 bridgehead atoms. The lowest BCUT2D eigenvalue weighted by molar-refractivity contribution is 0.506. The fraction of sp³-hybridized carbons (Fsp3) is 0.0833. The van der Waals surface area contributed by atoms with Crippen molar-refractivity contribution in [2.45, 2.75) is 10.9 Å². The minimum atomic E-state index is 0.734. The monoisotopic (exact) mass is 323 g/mol. The van der Waals surface area contributed by atoms with E-state index in [-0.39, 0.29) is 0 Å². The number of aromatic nitrogens is 2. The van der Waals surface area contributed by atoms with Crippen LogP contribution in [0.2, 0.25) is 0 Å². The van der Waals surface area contributed by atoms with E-state index in [9.17, 15) is 0 Å². The molecule has 3 N–H and O–H groups in total. The lowest BCUT2D eigenvalue weighted by atomic mass is 10.3. The van der Waals surface area contributed by atoms with Gasteiger partial charge in [-0.2, -0.15) is 0 Å². The first-order valence-corrected chi connectivity index (χ1v) is 7.11.